The summed E-state index contributed by atoms with van der Waals surface area (Å²) in [5.41, 5.74) is 1.22. The lowest BCUT2D eigenvalue weighted by atomic mass is 9.95. The minimum atomic E-state index is -3.49. The summed E-state index contributed by atoms with van der Waals surface area (Å²) >= 11 is 0. The van der Waals surface area contributed by atoms with Gasteiger partial charge in [-0.25, -0.2) is 27.7 Å². The Labute approximate surface area is 235 Å². The molecule has 1 unspecified atom stereocenters. The average Bonchev–Trinajstić information content (AvgIpc) is 2.91. The van der Waals surface area contributed by atoms with E-state index < -0.39 is 52.1 Å². The Bertz CT molecular complexity index is 1250. The maximum absolute atomic E-state index is 13.0. The molecular weight excluding hydrogens is 568 g/mol. The molecule has 0 bridgehead atoms. The maximum Gasteiger partial charge on any atom is 0.508 e. The minimum absolute atomic E-state index is 0.0254. The minimum Gasteiger partial charge on any atom is -0.462 e. The van der Waals surface area contributed by atoms with E-state index >= 15 is 0 Å². The van der Waals surface area contributed by atoms with E-state index in [0.29, 0.717) is 11.1 Å². The Hall–Kier alpha value is -3.45. The van der Waals surface area contributed by atoms with E-state index in [1.807, 2.05) is 0 Å². The Kier molecular flexibility index (Phi) is 13.8. The van der Waals surface area contributed by atoms with Crippen LogP contribution in [-0.2, 0) is 38.5 Å². The predicted molar refractivity (Wildman–Crippen MR) is 138 cm³/mol. The molecule has 0 saturated carbocycles. The van der Waals surface area contributed by atoms with Gasteiger partial charge in [-0.3, -0.25) is 20.8 Å². The van der Waals surface area contributed by atoms with Gasteiger partial charge in [-0.15, -0.1) is 0 Å². The van der Waals surface area contributed by atoms with Gasteiger partial charge >= 0.3 is 12.1 Å². The maximum atomic E-state index is 13.0. The summed E-state index contributed by atoms with van der Waals surface area (Å²) in [7, 11) is -3.49. The molecule has 0 saturated heterocycles. The van der Waals surface area contributed by atoms with E-state index in [-0.39, 0.29) is 42.1 Å². The van der Waals surface area contributed by atoms with Crippen molar-refractivity contribution >= 4 is 33.1 Å². The number of hydrogen-bond donors (Lipinski definition) is 4. The number of nitrogens with zero attached hydrogens (tertiary/aromatic N) is 2. The number of benzene rings is 2. The van der Waals surface area contributed by atoms with Crippen LogP contribution in [0.4, 0.5) is 4.79 Å². The molecule has 0 aliphatic heterocycles. The van der Waals surface area contributed by atoms with Crippen molar-refractivity contribution in [2.24, 2.45) is 0 Å². The fraction of sp³-hybridized carbons (Fsp3) is 0.360. The average molecular weight is 601 g/mol. The molecular formula is C25H32N2O13S. The lowest BCUT2D eigenvalue weighted by molar-refractivity contribution is -0.527. The molecule has 1 atom stereocenters. The van der Waals surface area contributed by atoms with Crippen molar-refractivity contribution in [3.63, 3.8) is 0 Å². The number of carbonyl (C=O) groups is 2. The molecule has 2 aromatic carbocycles. The zero-order chi connectivity index (χ0) is 30.4. The monoisotopic (exact) mass is 600 g/mol. The largest absolute Gasteiger partial charge is 0.508 e. The lowest BCUT2D eigenvalue weighted by Gasteiger charge is -2.19. The second-order valence-corrected chi connectivity index (χ2v) is 10.3. The Morgan fingerprint density at radius 3 is 2.10 bits per heavy atom. The number of sulfone groups is 1. The van der Waals surface area contributed by atoms with Crippen molar-refractivity contribution in [2.75, 3.05) is 32.7 Å². The molecule has 0 heterocycles. The highest BCUT2D eigenvalue weighted by atomic mass is 32.2. The highest BCUT2D eigenvalue weighted by molar-refractivity contribution is 7.90. The van der Waals surface area contributed by atoms with E-state index in [2.05, 4.69) is 9.68 Å². The van der Waals surface area contributed by atoms with Gasteiger partial charge in [0.25, 0.3) is 0 Å². The van der Waals surface area contributed by atoms with Gasteiger partial charge in [0.1, 0.15) is 19.3 Å². The first kappa shape index (κ1) is 33.8. The summed E-state index contributed by atoms with van der Waals surface area (Å²) in [6, 6.07) is 14.2. The third-order valence-corrected chi connectivity index (χ3v) is 6.45. The quantitative estimate of drug-likeness (QED) is 0.0719. The van der Waals surface area contributed by atoms with E-state index in [1.165, 1.54) is 24.3 Å². The predicted octanol–water partition coefficient (Wildman–Crippen LogP) is 2.89. The first-order chi connectivity index (χ1) is 19.4. The van der Waals surface area contributed by atoms with Crippen molar-refractivity contribution in [1.82, 2.24) is 10.8 Å². The van der Waals surface area contributed by atoms with Crippen molar-refractivity contribution in [2.45, 2.75) is 30.8 Å². The SMILES string of the molecule is CCOC(=O)/C(=C(\COC(=O)OCCCC(CON(O)O)ON(O)O)c1ccc(S(C)(=O)=O)cc1)c1ccccc1. The molecule has 2 aromatic rings. The molecule has 15 nitrogen and oxygen atoms in total. The molecule has 226 valence electrons. The second kappa shape index (κ2) is 16.7. The van der Waals surface area contributed by atoms with E-state index in [1.54, 1.807) is 37.3 Å². The van der Waals surface area contributed by atoms with Crippen molar-refractivity contribution in [1.29, 1.82) is 0 Å². The van der Waals surface area contributed by atoms with Crippen LogP contribution in [0.1, 0.15) is 30.9 Å². The van der Waals surface area contributed by atoms with Crippen molar-refractivity contribution in [3.8, 4) is 0 Å². The molecule has 16 heteroatoms. The number of hydrogen-bond acceptors (Lipinski definition) is 15. The molecule has 41 heavy (non-hydrogen) atoms. The molecule has 0 fully saturated rings. The van der Waals surface area contributed by atoms with Crippen LogP contribution in [0, 0.1) is 0 Å². The molecule has 0 aliphatic carbocycles. The Balaban J connectivity index is 2.22. The van der Waals surface area contributed by atoms with Crippen LogP contribution in [0.25, 0.3) is 11.1 Å². The van der Waals surface area contributed by atoms with E-state index in [9.17, 15) is 18.0 Å². The van der Waals surface area contributed by atoms with Crippen LogP contribution in [-0.4, -0.2) is 90.9 Å². The molecule has 4 N–H and O–H groups in total. The second-order valence-electron chi connectivity index (χ2n) is 8.29. The molecule has 0 spiro atoms. The highest BCUT2D eigenvalue weighted by Gasteiger charge is 2.23. The third kappa shape index (κ3) is 11.9. The topological polar surface area (TPSA) is 202 Å². The van der Waals surface area contributed by atoms with Gasteiger partial charge < -0.3 is 14.2 Å². The summed E-state index contributed by atoms with van der Waals surface area (Å²) in [4.78, 5) is 34.4. The highest BCUT2D eigenvalue weighted by Crippen LogP contribution is 2.29. The molecule has 2 rings (SSSR count). The lowest BCUT2D eigenvalue weighted by Crippen LogP contribution is -2.31. The van der Waals surface area contributed by atoms with Gasteiger partial charge in [0, 0.05) is 11.8 Å². The van der Waals surface area contributed by atoms with Crippen molar-refractivity contribution < 1.29 is 62.7 Å². The number of carbonyl (C=O) groups excluding carboxylic acids is 2. The smallest absolute Gasteiger partial charge is 0.462 e. The fourth-order valence-corrected chi connectivity index (χ4v) is 4.15. The number of ether oxygens (including phenoxy) is 3. The summed E-state index contributed by atoms with van der Waals surface area (Å²) < 4.78 is 39.4. The van der Waals surface area contributed by atoms with Gasteiger partial charge in [0.15, 0.2) is 9.84 Å². The van der Waals surface area contributed by atoms with E-state index in [0.717, 1.165) is 6.26 Å². The zero-order valence-corrected chi connectivity index (χ0v) is 23.1. The van der Waals surface area contributed by atoms with Crippen LogP contribution in [0.2, 0.25) is 0 Å². The molecule has 0 radical (unpaired) electrons. The summed E-state index contributed by atoms with van der Waals surface area (Å²) in [5.74, 6) is -0.683. The van der Waals surface area contributed by atoms with Gasteiger partial charge in [-0.2, -0.15) is 0 Å². The van der Waals surface area contributed by atoms with Crippen LogP contribution < -0.4 is 0 Å². The van der Waals surface area contributed by atoms with Gasteiger partial charge in [-0.05, 0) is 43.0 Å². The molecule has 0 amide bonds. The van der Waals surface area contributed by atoms with Crippen LogP contribution in [0.15, 0.2) is 59.5 Å². The standard InChI is InChI=1S/C25H32N2O13S/c1-3-36-24(28)23(19-8-5-4-6-9-19)22(18-11-13-21(14-12-18)41(2,34)35)17-38-25(29)37-15-7-10-20(40-27(32)33)16-39-26(30)31/h4-6,8-9,11-14,20,30-33H,3,7,10,15-17H2,1-2H3/b23-22+. The van der Waals surface area contributed by atoms with Gasteiger partial charge in [0.05, 0.1) is 34.5 Å². The summed E-state index contributed by atoms with van der Waals surface area (Å²) in [5, 5.41) is 33.7. The third-order valence-electron chi connectivity index (χ3n) is 5.32. The molecule has 0 aromatic heterocycles. The van der Waals surface area contributed by atoms with Crippen LogP contribution in [0.5, 0.6) is 0 Å². The first-order valence-corrected chi connectivity index (χ1v) is 14.0. The number of esters is 1. The van der Waals surface area contributed by atoms with Crippen LogP contribution in [0.3, 0.4) is 0 Å². The van der Waals surface area contributed by atoms with Crippen molar-refractivity contribution in [3.05, 3.63) is 65.7 Å². The first-order valence-electron chi connectivity index (χ1n) is 12.1. The number of rotatable bonds is 16. The summed E-state index contributed by atoms with van der Waals surface area (Å²) in [6.45, 7) is 0.582. The zero-order valence-electron chi connectivity index (χ0n) is 22.3. The van der Waals surface area contributed by atoms with Crippen LogP contribution >= 0.6 is 0 Å². The molecule has 0 aliphatic rings. The Morgan fingerprint density at radius 1 is 0.878 bits per heavy atom. The van der Waals surface area contributed by atoms with Gasteiger partial charge in [0.2, 0.25) is 0 Å². The van der Waals surface area contributed by atoms with E-state index in [4.69, 9.17) is 35.0 Å². The Morgan fingerprint density at radius 2 is 1.54 bits per heavy atom. The summed E-state index contributed by atoms with van der Waals surface area (Å²) in [6.07, 6.45) is -0.957. The van der Waals surface area contributed by atoms with Gasteiger partial charge in [-0.1, -0.05) is 42.5 Å². The normalized spacial score (nSPS) is 13.1. The fourth-order valence-electron chi connectivity index (χ4n) is 3.52.